The number of nitrogens with one attached hydrogen (secondary N) is 2. The molecule has 244 valence electrons. The highest BCUT2D eigenvalue weighted by atomic mass is 19.1. The minimum absolute atomic E-state index is 0.0309. The Morgan fingerprint density at radius 1 is 0.917 bits per heavy atom. The molecule has 0 spiro atoms. The first-order chi connectivity index (χ1) is 23.4. The van der Waals surface area contributed by atoms with Crippen LogP contribution in [0.25, 0.3) is 16.5 Å². The summed E-state index contributed by atoms with van der Waals surface area (Å²) in [5, 5.41) is 3.94. The maximum absolute atomic E-state index is 14.3. The van der Waals surface area contributed by atoms with Gasteiger partial charge in [0.25, 0.3) is 0 Å². The number of hydrogen-bond acceptors (Lipinski definition) is 5. The van der Waals surface area contributed by atoms with E-state index in [1.54, 1.807) is 26.6 Å². The van der Waals surface area contributed by atoms with Gasteiger partial charge in [-0.05, 0) is 65.4 Å². The lowest BCUT2D eigenvalue weighted by Gasteiger charge is -2.23. The van der Waals surface area contributed by atoms with Gasteiger partial charge in [0, 0.05) is 41.0 Å². The summed E-state index contributed by atoms with van der Waals surface area (Å²) in [7, 11) is 3.18. The topological polar surface area (TPSA) is 84.9 Å². The van der Waals surface area contributed by atoms with Crippen molar-refractivity contribution in [3.05, 3.63) is 143 Å². The van der Waals surface area contributed by atoms with E-state index in [0.29, 0.717) is 41.6 Å². The van der Waals surface area contributed by atoms with Crippen LogP contribution in [0, 0.1) is 11.6 Å². The highest BCUT2D eigenvalue weighted by Gasteiger charge is 2.25. The number of methoxy groups -OCH3 is 2. The van der Waals surface area contributed by atoms with Gasteiger partial charge in [-0.25, -0.2) is 8.78 Å². The first-order valence-electron chi connectivity index (χ1n) is 15.6. The molecule has 1 aliphatic rings. The van der Waals surface area contributed by atoms with Crippen LogP contribution >= 0.6 is 0 Å². The summed E-state index contributed by atoms with van der Waals surface area (Å²) in [6.07, 6.45) is 8.19. The Bertz CT molecular complexity index is 1980. The van der Waals surface area contributed by atoms with E-state index in [-0.39, 0.29) is 18.7 Å². The second kappa shape index (κ2) is 14.8. The number of carbonyl (C=O) groups excluding carboxylic acids is 1. The zero-order valence-electron chi connectivity index (χ0n) is 26.6. The van der Waals surface area contributed by atoms with Gasteiger partial charge < -0.3 is 24.5 Å². The predicted molar refractivity (Wildman–Crippen MR) is 183 cm³/mol. The van der Waals surface area contributed by atoms with Crippen LogP contribution in [0.15, 0.2) is 114 Å². The lowest BCUT2D eigenvalue weighted by molar-refractivity contribution is -0.120. The van der Waals surface area contributed by atoms with Crippen LogP contribution in [0.1, 0.15) is 28.7 Å². The number of rotatable bonds is 12. The lowest BCUT2D eigenvalue weighted by Crippen LogP contribution is -2.43. The number of amides is 1. The molecular formula is C39H35F2N3O4. The van der Waals surface area contributed by atoms with Gasteiger partial charge in [0.2, 0.25) is 5.91 Å². The number of aliphatic imine (C=N–C) groups is 1. The van der Waals surface area contributed by atoms with Crippen molar-refractivity contribution in [1.29, 1.82) is 0 Å². The number of fused-ring (bicyclic) bond motifs is 1. The number of hydrogen-bond donors (Lipinski definition) is 2. The molecule has 2 heterocycles. The number of H-pyrrole nitrogens is 1. The molecule has 1 aliphatic heterocycles. The maximum Gasteiger partial charge on any atom is 0.225 e. The van der Waals surface area contributed by atoms with Gasteiger partial charge in [0.1, 0.15) is 24.0 Å². The van der Waals surface area contributed by atoms with Crippen LogP contribution in [0.2, 0.25) is 0 Å². The molecule has 48 heavy (non-hydrogen) atoms. The normalized spacial score (nSPS) is 13.3. The molecular weight excluding hydrogens is 612 g/mol. The number of aromatic amines is 1. The number of aromatic nitrogens is 1. The summed E-state index contributed by atoms with van der Waals surface area (Å²) in [6.45, 7) is 0.353. The van der Waals surface area contributed by atoms with Crippen LogP contribution in [-0.4, -0.2) is 36.9 Å². The van der Waals surface area contributed by atoms with E-state index in [1.165, 1.54) is 12.1 Å². The minimum atomic E-state index is -0.704. The van der Waals surface area contributed by atoms with Crippen LogP contribution < -0.4 is 19.5 Å². The van der Waals surface area contributed by atoms with Gasteiger partial charge in [-0.1, -0.05) is 54.6 Å². The third-order valence-corrected chi connectivity index (χ3v) is 8.12. The average molecular weight is 648 g/mol. The molecule has 4 aromatic carbocycles. The van der Waals surface area contributed by atoms with E-state index < -0.39 is 17.7 Å². The van der Waals surface area contributed by atoms with Gasteiger partial charge in [0.05, 0.1) is 32.4 Å². The first-order valence-corrected chi connectivity index (χ1v) is 15.6. The molecule has 5 aromatic rings. The number of benzene rings is 4. The smallest absolute Gasteiger partial charge is 0.225 e. The van der Waals surface area contributed by atoms with Crippen LogP contribution in [0.3, 0.4) is 0 Å². The van der Waals surface area contributed by atoms with E-state index in [4.69, 9.17) is 19.2 Å². The quantitative estimate of drug-likeness (QED) is 0.145. The molecule has 0 saturated heterocycles. The molecule has 6 rings (SSSR count). The first kappa shape index (κ1) is 32.2. The number of halogens is 2. The standard InChI is InChI=1S/C39H35F2N3O4/c1-46-31-13-11-27(12-14-31)32-10-6-7-15-42-39(32)35(18-26-16-29(40)20-30(41)17-26)44-38(45)19-28-23-43-34-22-36(47-2)37(21-33(28)34)48-24-25-8-4-3-5-9-25/h3-5,7-17,20-23,35,43H,6,18-19,24H2,1-2H3,(H,44,45)/t35-/m0/s1. The Labute approximate surface area is 277 Å². The van der Waals surface area contributed by atoms with E-state index in [2.05, 4.69) is 10.3 Å². The van der Waals surface area contributed by atoms with Crippen molar-refractivity contribution in [3.8, 4) is 17.2 Å². The zero-order chi connectivity index (χ0) is 33.5. The summed E-state index contributed by atoms with van der Waals surface area (Å²) < 4.78 is 45.6. The van der Waals surface area contributed by atoms with Crippen molar-refractivity contribution in [2.45, 2.75) is 31.9 Å². The maximum atomic E-state index is 14.3. The summed E-state index contributed by atoms with van der Waals surface area (Å²) in [5.74, 6) is 0.150. The van der Waals surface area contributed by atoms with Crippen molar-refractivity contribution in [1.82, 2.24) is 10.3 Å². The highest BCUT2D eigenvalue weighted by molar-refractivity contribution is 6.27. The summed E-state index contributed by atoms with van der Waals surface area (Å²) in [4.78, 5) is 21.8. The Balaban J connectivity index is 1.29. The van der Waals surface area contributed by atoms with Gasteiger partial charge in [-0.15, -0.1) is 0 Å². The fourth-order valence-corrected chi connectivity index (χ4v) is 5.81. The van der Waals surface area contributed by atoms with Crippen LogP contribution in [-0.2, 0) is 24.2 Å². The number of ether oxygens (including phenoxy) is 3. The van der Waals surface area contributed by atoms with Gasteiger partial charge in [0.15, 0.2) is 11.5 Å². The second-order valence-electron chi connectivity index (χ2n) is 11.4. The third-order valence-electron chi connectivity index (χ3n) is 8.12. The molecule has 0 aliphatic carbocycles. The second-order valence-corrected chi connectivity index (χ2v) is 11.4. The molecule has 2 N–H and O–H groups in total. The van der Waals surface area contributed by atoms with Gasteiger partial charge >= 0.3 is 0 Å². The average Bonchev–Trinajstić information content (AvgIpc) is 3.30. The fraction of sp³-hybridized carbons (Fsp3) is 0.179. The molecule has 0 saturated carbocycles. The molecule has 0 fully saturated rings. The fourth-order valence-electron chi connectivity index (χ4n) is 5.81. The van der Waals surface area contributed by atoms with Gasteiger partial charge in [-0.2, -0.15) is 0 Å². The summed E-state index contributed by atoms with van der Waals surface area (Å²) in [6, 6.07) is 23.7. The summed E-state index contributed by atoms with van der Waals surface area (Å²) in [5.41, 5.74) is 5.20. The molecule has 7 nitrogen and oxygen atoms in total. The Kier molecular flexibility index (Phi) is 9.95. The van der Waals surface area contributed by atoms with Gasteiger partial charge in [-0.3, -0.25) is 9.79 Å². The Morgan fingerprint density at radius 3 is 2.42 bits per heavy atom. The van der Waals surface area contributed by atoms with Crippen molar-refractivity contribution < 1.29 is 27.8 Å². The molecule has 1 amide bonds. The largest absolute Gasteiger partial charge is 0.497 e. The third kappa shape index (κ3) is 7.63. The van der Waals surface area contributed by atoms with E-state index in [0.717, 1.165) is 39.2 Å². The van der Waals surface area contributed by atoms with E-state index >= 15 is 0 Å². The predicted octanol–water partition coefficient (Wildman–Crippen LogP) is 7.75. The van der Waals surface area contributed by atoms with E-state index in [1.807, 2.05) is 78.9 Å². The van der Waals surface area contributed by atoms with Crippen LogP contribution in [0.5, 0.6) is 17.2 Å². The Hall–Kier alpha value is -5.70. The molecule has 9 heteroatoms. The van der Waals surface area contributed by atoms with E-state index in [9.17, 15) is 13.6 Å². The lowest BCUT2D eigenvalue weighted by atomic mass is 9.91. The number of carbonyl (C=O) groups is 1. The Morgan fingerprint density at radius 2 is 1.69 bits per heavy atom. The zero-order valence-corrected chi connectivity index (χ0v) is 26.6. The monoisotopic (exact) mass is 647 g/mol. The number of allylic oxidation sites excluding steroid dienone is 2. The highest BCUT2D eigenvalue weighted by Crippen LogP contribution is 2.34. The molecule has 0 bridgehead atoms. The molecule has 1 aromatic heterocycles. The summed E-state index contributed by atoms with van der Waals surface area (Å²) >= 11 is 0. The minimum Gasteiger partial charge on any atom is -0.497 e. The molecule has 1 atom stereocenters. The molecule has 0 radical (unpaired) electrons. The van der Waals surface area contributed by atoms with Crippen molar-refractivity contribution >= 4 is 28.1 Å². The SMILES string of the molecule is COc1ccc(C2=CCC=CN=C2[C@H](Cc2cc(F)cc(F)c2)NC(=O)Cc2c[nH]c3cc(OC)c(OCc4ccccc4)cc23)cc1. The number of nitrogens with zero attached hydrogens (tertiary/aromatic N) is 1. The van der Waals surface area contributed by atoms with Crippen LogP contribution in [0.4, 0.5) is 8.78 Å². The van der Waals surface area contributed by atoms with Crippen molar-refractivity contribution in [3.63, 3.8) is 0 Å². The van der Waals surface area contributed by atoms with Crippen molar-refractivity contribution in [2.75, 3.05) is 14.2 Å². The molecule has 0 unspecified atom stereocenters. The van der Waals surface area contributed by atoms with Crippen molar-refractivity contribution in [2.24, 2.45) is 4.99 Å².